The van der Waals surface area contributed by atoms with Crippen molar-refractivity contribution in [2.45, 2.75) is 24.3 Å². The molecule has 1 aromatic carbocycles. The highest BCUT2D eigenvalue weighted by Gasteiger charge is 2.32. The first kappa shape index (κ1) is 13.4. The standard InChI is InChI=1S/C13H20N2O2S/c1-13(2)10-14-8-9-15(13)11-6-4-5-7-12(11)18(3,16)17/h4-7,14H,8-10H2,1-3H3. The predicted molar refractivity (Wildman–Crippen MR) is 73.8 cm³/mol. The molecule has 5 heteroatoms. The van der Waals surface area contributed by atoms with Gasteiger partial charge in [-0.15, -0.1) is 0 Å². The number of anilines is 1. The van der Waals surface area contributed by atoms with E-state index >= 15 is 0 Å². The average molecular weight is 268 g/mol. The van der Waals surface area contributed by atoms with Crippen LogP contribution in [-0.2, 0) is 9.84 Å². The van der Waals surface area contributed by atoms with Crippen LogP contribution in [0, 0.1) is 0 Å². The molecule has 0 bridgehead atoms. The zero-order valence-electron chi connectivity index (χ0n) is 11.1. The average Bonchev–Trinajstić information content (AvgIpc) is 2.27. The van der Waals surface area contributed by atoms with E-state index in [1.807, 2.05) is 12.1 Å². The van der Waals surface area contributed by atoms with Crippen LogP contribution >= 0.6 is 0 Å². The lowest BCUT2D eigenvalue weighted by Crippen LogP contribution is -2.58. The lowest BCUT2D eigenvalue weighted by atomic mass is 9.99. The first-order chi connectivity index (χ1) is 8.32. The highest BCUT2D eigenvalue weighted by Crippen LogP contribution is 2.31. The SMILES string of the molecule is CC1(C)CNCCN1c1ccccc1S(C)(=O)=O. The Morgan fingerprint density at radius 3 is 2.56 bits per heavy atom. The molecule has 0 unspecified atom stereocenters. The van der Waals surface area contributed by atoms with E-state index in [9.17, 15) is 8.42 Å². The van der Waals surface area contributed by atoms with Crippen LogP contribution in [-0.4, -0.2) is 39.8 Å². The Bertz CT molecular complexity index is 538. The molecule has 0 saturated carbocycles. The van der Waals surface area contributed by atoms with Gasteiger partial charge in [-0.1, -0.05) is 12.1 Å². The van der Waals surface area contributed by atoms with E-state index in [0.29, 0.717) is 4.90 Å². The van der Waals surface area contributed by atoms with Gasteiger partial charge in [-0.25, -0.2) is 8.42 Å². The number of benzene rings is 1. The normalized spacial score (nSPS) is 19.8. The molecule has 1 saturated heterocycles. The van der Waals surface area contributed by atoms with Crippen LogP contribution in [0.4, 0.5) is 5.69 Å². The number of hydrogen-bond acceptors (Lipinski definition) is 4. The molecule has 1 heterocycles. The maximum absolute atomic E-state index is 11.9. The number of para-hydroxylation sites is 1. The molecule has 2 rings (SSSR count). The largest absolute Gasteiger partial charge is 0.363 e. The Balaban J connectivity index is 2.51. The van der Waals surface area contributed by atoms with Gasteiger partial charge in [0.15, 0.2) is 9.84 Å². The molecule has 1 aliphatic heterocycles. The Kier molecular flexibility index (Phi) is 3.38. The molecule has 0 atom stereocenters. The number of hydrogen-bond donors (Lipinski definition) is 1. The minimum absolute atomic E-state index is 0.0843. The second kappa shape index (κ2) is 4.55. The number of piperazine rings is 1. The zero-order chi connectivity index (χ0) is 13.4. The Labute approximate surface area is 109 Å². The smallest absolute Gasteiger partial charge is 0.177 e. The maximum atomic E-state index is 11.9. The Hall–Kier alpha value is -1.07. The van der Waals surface area contributed by atoms with Crippen LogP contribution in [0.15, 0.2) is 29.2 Å². The Morgan fingerprint density at radius 1 is 1.28 bits per heavy atom. The summed E-state index contributed by atoms with van der Waals surface area (Å²) >= 11 is 0. The van der Waals surface area contributed by atoms with E-state index in [2.05, 4.69) is 24.1 Å². The molecule has 1 aromatic rings. The van der Waals surface area contributed by atoms with E-state index in [-0.39, 0.29) is 5.54 Å². The minimum Gasteiger partial charge on any atom is -0.363 e. The van der Waals surface area contributed by atoms with Gasteiger partial charge in [-0.2, -0.15) is 0 Å². The summed E-state index contributed by atoms with van der Waals surface area (Å²) in [7, 11) is -3.20. The van der Waals surface area contributed by atoms with Crippen LogP contribution in [0.3, 0.4) is 0 Å². The summed E-state index contributed by atoms with van der Waals surface area (Å²) in [4.78, 5) is 2.60. The number of rotatable bonds is 2. The maximum Gasteiger partial charge on any atom is 0.177 e. The summed E-state index contributed by atoms with van der Waals surface area (Å²) in [6, 6.07) is 7.24. The molecule has 0 aliphatic carbocycles. The highest BCUT2D eigenvalue weighted by atomic mass is 32.2. The highest BCUT2D eigenvalue weighted by molar-refractivity contribution is 7.90. The first-order valence-corrected chi connectivity index (χ1v) is 7.99. The van der Waals surface area contributed by atoms with E-state index in [1.165, 1.54) is 6.26 Å². The zero-order valence-corrected chi connectivity index (χ0v) is 11.9. The van der Waals surface area contributed by atoms with Gasteiger partial charge in [0.2, 0.25) is 0 Å². The van der Waals surface area contributed by atoms with Crippen molar-refractivity contribution in [3.63, 3.8) is 0 Å². The van der Waals surface area contributed by atoms with Gasteiger partial charge >= 0.3 is 0 Å². The minimum atomic E-state index is -3.20. The second-order valence-electron chi connectivity index (χ2n) is 5.38. The van der Waals surface area contributed by atoms with Crippen molar-refractivity contribution in [2.75, 3.05) is 30.8 Å². The third-order valence-electron chi connectivity index (χ3n) is 3.36. The van der Waals surface area contributed by atoms with E-state index in [0.717, 1.165) is 25.3 Å². The van der Waals surface area contributed by atoms with E-state index in [4.69, 9.17) is 0 Å². The quantitative estimate of drug-likeness (QED) is 0.878. The van der Waals surface area contributed by atoms with Crippen molar-refractivity contribution in [1.82, 2.24) is 5.32 Å². The molecule has 1 aliphatic rings. The van der Waals surface area contributed by atoms with Crippen molar-refractivity contribution in [3.8, 4) is 0 Å². The first-order valence-electron chi connectivity index (χ1n) is 6.10. The fourth-order valence-electron chi connectivity index (χ4n) is 2.42. The van der Waals surface area contributed by atoms with Crippen molar-refractivity contribution in [1.29, 1.82) is 0 Å². The van der Waals surface area contributed by atoms with Crippen molar-refractivity contribution < 1.29 is 8.42 Å². The van der Waals surface area contributed by atoms with Gasteiger partial charge in [0.05, 0.1) is 10.6 Å². The summed E-state index contributed by atoms with van der Waals surface area (Å²) in [5, 5.41) is 3.34. The lowest BCUT2D eigenvalue weighted by molar-refractivity contribution is 0.379. The third-order valence-corrected chi connectivity index (χ3v) is 4.50. The molecule has 18 heavy (non-hydrogen) atoms. The fraction of sp³-hybridized carbons (Fsp3) is 0.538. The third kappa shape index (κ3) is 2.52. The monoisotopic (exact) mass is 268 g/mol. The van der Waals surface area contributed by atoms with Gasteiger partial charge in [-0.3, -0.25) is 0 Å². The molecular weight excluding hydrogens is 248 g/mol. The van der Waals surface area contributed by atoms with Crippen LogP contribution < -0.4 is 10.2 Å². The van der Waals surface area contributed by atoms with E-state index < -0.39 is 9.84 Å². The van der Waals surface area contributed by atoms with Gasteiger partial charge in [-0.05, 0) is 26.0 Å². The molecular formula is C13H20N2O2S. The second-order valence-corrected chi connectivity index (χ2v) is 7.36. The molecule has 0 spiro atoms. The lowest BCUT2D eigenvalue weighted by Gasteiger charge is -2.45. The van der Waals surface area contributed by atoms with Crippen molar-refractivity contribution in [2.24, 2.45) is 0 Å². The molecule has 0 amide bonds. The van der Waals surface area contributed by atoms with Crippen molar-refractivity contribution in [3.05, 3.63) is 24.3 Å². The van der Waals surface area contributed by atoms with Crippen LogP contribution in [0.1, 0.15) is 13.8 Å². The van der Waals surface area contributed by atoms with Crippen LogP contribution in [0.5, 0.6) is 0 Å². The number of sulfone groups is 1. The number of nitrogens with one attached hydrogen (secondary N) is 1. The van der Waals surface area contributed by atoms with Gasteiger partial charge in [0.25, 0.3) is 0 Å². The number of nitrogens with zero attached hydrogens (tertiary/aromatic N) is 1. The van der Waals surface area contributed by atoms with E-state index in [1.54, 1.807) is 12.1 Å². The van der Waals surface area contributed by atoms with Gasteiger partial charge < -0.3 is 10.2 Å². The summed E-state index contributed by atoms with van der Waals surface area (Å²) in [6.45, 7) is 6.79. The molecule has 0 aromatic heterocycles. The summed E-state index contributed by atoms with van der Waals surface area (Å²) in [5.74, 6) is 0. The summed E-state index contributed by atoms with van der Waals surface area (Å²) in [5.41, 5.74) is 0.727. The topological polar surface area (TPSA) is 49.4 Å². The molecule has 1 fully saturated rings. The molecule has 1 N–H and O–H groups in total. The van der Waals surface area contributed by atoms with Crippen LogP contribution in [0.2, 0.25) is 0 Å². The molecule has 100 valence electrons. The summed E-state index contributed by atoms with van der Waals surface area (Å²) in [6.07, 6.45) is 1.26. The van der Waals surface area contributed by atoms with Crippen LogP contribution in [0.25, 0.3) is 0 Å². The predicted octanol–water partition coefficient (Wildman–Crippen LogP) is 1.28. The molecule has 4 nitrogen and oxygen atoms in total. The van der Waals surface area contributed by atoms with Crippen molar-refractivity contribution >= 4 is 15.5 Å². The molecule has 0 radical (unpaired) electrons. The summed E-state index contributed by atoms with van der Waals surface area (Å²) < 4.78 is 23.7. The van der Waals surface area contributed by atoms with Gasteiger partial charge in [0.1, 0.15) is 0 Å². The Morgan fingerprint density at radius 2 is 1.94 bits per heavy atom. The fourth-order valence-corrected chi connectivity index (χ4v) is 3.31. The van der Waals surface area contributed by atoms with Gasteiger partial charge in [0, 0.05) is 31.4 Å².